The molecular weight excluding hydrogens is 196 g/mol. The Kier molecular flexibility index (Phi) is 4.86. The summed E-state index contributed by atoms with van der Waals surface area (Å²) in [5.74, 6) is 0.971. The lowest BCUT2D eigenvalue weighted by Gasteiger charge is -2.20. The number of nitrogens with zero attached hydrogens (tertiary/aromatic N) is 1. The van der Waals surface area contributed by atoms with Crippen molar-refractivity contribution in [2.45, 2.75) is 44.6 Å². The van der Waals surface area contributed by atoms with Crippen molar-refractivity contribution in [3.63, 3.8) is 0 Å². The summed E-state index contributed by atoms with van der Waals surface area (Å²) in [6, 6.07) is 0.764. The van der Waals surface area contributed by atoms with Gasteiger partial charge in [-0.3, -0.25) is 0 Å². The van der Waals surface area contributed by atoms with Crippen molar-refractivity contribution in [2.24, 2.45) is 5.92 Å². The predicted molar refractivity (Wildman–Crippen MR) is 69.6 cm³/mol. The summed E-state index contributed by atoms with van der Waals surface area (Å²) >= 11 is 0. The molecule has 2 rings (SSSR count). The van der Waals surface area contributed by atoms with E-state index in [1.165, 1.54) is 58.3 Å². The molecule has 1 saturated heterocycles. The van der Waals surface area contributed by atoms with Crippen LogP contribution >= 0.6 is 0 Å². The van der Waals surface area contributed by atoms with Crippen molar-refractivity contribution in [3.8, 4) is 0 Å². The second-order valence-corrected chi connectivity index (χ2v) is 5.31. The summed E-state index contributed by atoms with van der Waals surface area (Å²) in [6.45, 7) is 8.89. The predicted octanol–water partition coefficient (Wildman–Crippen LogP) is 2.42. The van der Waals surface area contributed by atoms with E-state index in [0.29, 0.717) is 0 Å². The molecule has 1 atom stereocenters. The Morgan fingerprint density at radius 2 is 2.06 bits per heavy atom. The SMILES string of the molecule is C=CCCC(NCCN1CCCC1)C1CC1. The fraction of sp³-hybridized carbons (Fsp3) is 0.857. The van der Waals surface area contributed by atoms with Crippen LogP contribution in [0, 0.1) is 5.92 Å². The lowest BCUT2D eigenvalue weighted by molar-refractivity contribution is 0.318. The third-order valence-corrected chi connectivity index (χ3v) is 3.91. The van der Waals surface area contributed by atoms with Gasteiger partial charge in [-0.1, -0.05) is 6.08 Å². The van der Waals surface area contributed by atoms with Gasteiger partial charge in [0.2, 0.25) is 0 Å². The molecule has 0 aromatic heterocycles. The molecule has 92 valence electrons. The van der Waals surface area contributed by atoms with Gasteiger partial charge in [-0.15, -0.1) is 6.58 Å². The van der Waals surface area contributed by atoms with Crippen molar-refractivity contribution in [3.05, 3.63) is 12.7 Å². The number of rotatable bonds is 8. The van der Waals surface area contributed by atoms with Crippen LogP contribution in [0.1, 0.15) is 38.5 Å². The lowest BCUT2D eigenvalue weighted by atomic mass is 10.1. The summed E-state index contributed by atoms with van der Waals surface area (Å²) in [7, 11) is 0. The van der Waals surface area contributed by atoms with Crippen molar-refractivity contribution in [2.75, 3.05) is 26.2 Å². The Morgan fingerprint density at radius 1 is 1.31 bits per heavy atom. The molecule has 1 N–H and O–H groups in total. The first kappa shape index (κ1) is 12.1. The van der Waals surface area contributed by atoms with Crippen LogP contribution in [0.5, 0.6) is 0 Å². The molecular formula is C14H26N2. The molecule has 16 heavy (non-hydrogen) atoms. The fourth-order valence-corrected chi connectivity index (χ4v) is 2.71. The van der Waals surface area contributed by atoms with E-state index in [1.54, 1.807) is 0 Å². The summed E-state index contributed by atoms with van der Waals surface area (Å²) in [4.78, 5) is 2.59. The van der Waals surface area contributed by atoms with Gasteiger partial charge < -0.3 is 10.2 Å². The maximum Gasteiger partial charge on any atom is 0.0107 e. The van der Waals surface area contributed by atoms with E-state index in [9.17, 15) is 0 Å². The first-order valence-electron chi connectivity index (χ1n) is 6.97. The molecule has 1 unspecified atom stereocenters. The number of nitrogens with one attached hydrogen (secondary N) is 1. The van der Waals surface area contributed by atoms with Crippen LogP contribution in [-0.4, -0.2) is 37.1 Å². The molecule has 0 amide bonds. The second-order valence-electron chi connectivity index (χ2n) is 5.31. The van der Waals surface area contributed by atoms with Gasteiger partial charge in [-0.05, 0) is 57.5 Å². The van der Waals surface area contributed by atoms with E-state index in [0.717, 1.165) is 18.4 Å². The largest absolute Gasteiger partial charge is 0.312 e. The van der Waals surface area contributed by atoms with Gasteiger partial charge in [0, 0.05) is 19.1 Å². The zero-order valence-corrected chi connectivity index (χ0v) is 10.5. The Labute approximate surface area is 100 Å². The number of likely N-dealkylation sites (tertiary alicyclic amines) is 1. The van der Waals surface area contributed by atoms with Gasteiger partial charge in [0.25, 0.3) is 0 Å². The number of allylic oxidation sites excluding steroid dienone is 1. The molecule has 2 nitrogen and oxygen atoms in total. The van der Waals surface area contributed by atoms with Gasteiger partial charge in [0.05, 0.1) is 0 Å². The lowest BCUT2D eigenvalue weighted by Crippen LogP contribution is -2.37. The van der Waals surface area contributed by atoms with Crippen molar-refractivity contribution in [1.29, 1.82) is 0 Å². The molecule has 0 bridgehead atoms. The third-order valence-electron chi connectivity index (χ3n) is 3.91. The summed E-state index contributed by atoms with van der Waals surface area (Å²) in [5, 5.41) is 3.75. The number of hydrogen-bond donors (Lipinski definition) is 1. The van der Waals surface area contributed by atoms with Gasteiger partial charge >= 0.3 is 0 Å². The molecule has 1 heterocycles. The van der Waals surface area contributed by atoms with E-state index < -0.39 is 0 Å². The van der Waals surface area contributed by atoms with Gasteiger partial charge in [0.15, 0.2) is 0 Å². The molecule has 2 heteroatoms. The summed E-state index contributed by atoms with van der Waals surface area (Å²) < 4.78 is 0. The Hall–Kier alpha value is -0.340. The van der Waals surface area contributed by atoms with Crippen molar-refractivity contribution in [1.82, 2.24) is 10.2 Å². The molecule has 2 fully saturated rings. The standard InChI is InChI=1S/C14H26N2/c1-2-3-6-14(13-7-8-13)15-9-12-16-10-4-5-11-16/h2,13-15H,1,3-12H2. The van der Waals surface area contributed by atoms with E-state index in [2.05, 4.69) is 22.9 Å². The first-order valence-corrected chi connectivity index (χ1v) is 6.97. The third kappa shape index (κ3) is 3.91. The minimum Gasteiger partial charge on any atom is -0.312 e. The van der Waals surface area contributed by atoms with Gasteiger partial charge in [-0.2, -0.15) is 0 Å². The maximum absolute atomic E-state index is 3.82. The zero-order valence-electron chi connectivity index (χ0n) is 10.5. The van der Waals surface area contributed by atoms with Crippen LogP contribution in [0.15, 0.2) is 12.7 Å². The Balaban J connectivity index is 1.59. The van der Waals surface area contributed by atoms with E-state index in [1.807, 2.05) is 0 Å². The normalized spacial score (nSPS) is 23.5. The highest BCUT2D eigenvalue weighted by Gasteiger charge is 2.30. The summed E-state index contributed by atoms with van der Waals surface area (Å²) in [6.07, 6.45) is 10.2. The molecule has 1 saturated carbocycles. The Bertz CT molecular complexity index is 205. The minimum absolute atomic E-state index is 0.764. The van der Waals surface area contributed by atoms with Gasteiger partial charge in [-0.25, -0.2) is 0 Å². The number of hydrogen-bond acceptors (Lipinski definition) is 2. The molecule has 1 aliphatic carbocycles. The molecule has 2 aliphatic rings. The smallest absolute Gasteiger partial charge is 0.0107 e. The van der Waals surface area contributed by atoms with Crippen molar-refractivity contribution >= 4 is 0 Å². The van der Waals surface area contributed by atoms with E-state index in [-0.39, 0.29) is 0 Å². The van der Waals surface area contributed by atoms with Crippen LogP contribution in [0.3, 0.4) is 0 Å². The highest BCUT2D eigenvalue weighted by Crippen LogP contribution is 2.34. The van der Waals surface area contributed by atoms with E-state index >= 15 is 0 Å². The second kappa shape index (κ2) is 6.41. The van der Waals surface area contributed by atoms with Crippen LogP contribution < -0.4 is 5.32 Å². The highest BCUT2D eigenvalue weighted by molar-refractivity contribution is 4.88. The average Bonchev–Trinajstić information content (AvgIpc) is 3.01. The molecule has 0 aromatic carbocycles. The Morgan fingerprint density at radius 3 is 2.69 bits per heavy atom. The maximum atomic E-state index is 3.82. The van der Waals surface area contributed by atoms with Crippen LogP contribution in [-0.2, 0) is 0 Å². The minimum atomic E-state index is 0.764. The molecule has 0 radical (unpaired) electrons. The monoisotopic (exact) mass is 222 g/mol. The summed E-state index contributed by atoms with van der Waals surface area (Å²) in [5.41, 5.74) is 0. The van der Waals surface area contributed by atoms with Crippen LogP contribution in [0.25, 0.3) is 0 Å². The highest BCUT2D eigenvalue weighted by atomic mass is 15.2. The molecule has 0 aromatic rings. The van der Waals surface area contributed by atoms with Crippen molar-refractivity contribution < 1.29 is 0 Å². The fourth-order valence-electron chi connectivity index (χ4n) is 2.71. The zero-order chi connectivity index (χ0) is 11.2. The van der Waals surface area contributed by atoms with Crippen LogP contribution in [0.4, 0.5) is 0 Å². The molecule has 1 aliphatic heterocycles. The molecule has 0 spiro atoms. The van der Waals surface area contributed by atoms with Crippen LogP contribution in [0.2, 0.25) is 0 Å². The first-order chi connectivity index (χ1) is 7.90. The average molecular weight is 222 g/mol. The topological polar surface area (TPSA) is 15.3 Å². The quantitative estimate of drug-likeness (QED) is 0.635. The van der Waals surface area contributed by atoms with E-state index in [4.69, 9.17) is 0 Å². The van der Waals surface area contributed by atoms with Gasteiger partial charge in [0.1, 0.15) is 0 Å².